The summed E-state index contributed by atoms with van der Waals surface area (Å²) in [6, 6.07) is 8.09. The molecular weight excluding hydrogens is 190 g/mol. The minimum atomic E-state index is 0.322. The number of nitrogens with one attached hydrogen (secondary N) is 1. The fraction of sp³-hybridized carbons (Fsp3) is 0.500. The van der Waals surface area contributed by atoms with Gasteiger partial charge in [-0.2, -0.15) is 0 Å². The van der Waals surface area contributed by atoms with Gasteiger partial charge in [0.05, 0.1) is 6.61 Å². The van der Waals surface area contributed by atoms with E-state index < -0.39 is 0 Å². The van der Waals surface area contributed by atoms with Crippen molar-refractivity contribution in [3.8, 4) is 5.75 Å². The molecule has 0 amide bonds. The van der Waals surface area contributed by atoms with Crippen LogP contribution in [0.5, 0.6) is 5.75 Å². The molecule has 0 unspecified atom stereocenters. The van der Waals surface area contributed by atoms with Crippen molar-refractivity contribution in [3.05, 3.63) is 29.8 Å². The Morgan fingerprint density at radius 3 is 3.13 bits per heavy atom. The first-order valence-electron chi connectivity index (χ1n) is 5.34. The Bertz CT molecular complexity index is 308. The zero-order valence-corrected chi connectivity index (χ0v) is 9.03. The Kier molecular flexibility index (Phi) is 3.59. The summed E-state index contributed by atoms with van der Waals surface area (Å²) in [5.74, 6) is 0.943. The smallest absolute Gasteiger partial charge is 0.120 e. The summed E-state index contributed by atoms with van der Waals surface area (Å²) < 4.78 is 10.9. The van der Waals surface area contributed by atoms with Crippen molar-refractivity contribution in [2.45, 2.75) is 19.1 Å². The van der Waals surface area contributed by atoms with Crippen LogP contribution in [0.15, 0.2) is 24.3 Å². The van der Waals surface area contributed by atoms with Gasteiger partial charge in [0.25, 0.3) is 0 Å². The number of methoxy groups -OCH3 is 1. The molecule has 82 valence electrons. The molecule has 3 nitrogen and oxygen atoms in total. The number of hydrogen-bond acceptors (Lipinski definition) is 3. The number of benzene rings is 1. The van der Waals surface area contributed by atoms with Crippen LogP contribution in [0.2, 0.25) is 0 Å². The molecule has 2 rings (SSSR count). The van der Waals surface area contributed by atoms with Gasteiger partial charge in [0, 0.05) is 13.7 Å². The maximum Gasteiger partial charge on any atom is 0.120 e. The van der Waals surface area contributed by atoms with E-state index in [0.29, 0.717) is 12.7 Å². The second kappa shape index (κ2) is 5.14. The van der Waals surface area contributed by atoms with Crippen molar-refractivity contribution in [3.63, 3.8) is 0 Å². The highest BCUT2D eigenvalue weighted by Crippen LogP contribution is 2.17. The van der Waals surface area contributed by atoms with E-state index in [4.69, 9.17) is 9.47 Å². The Labute approximate surface area is 90.4 Å². The monoisotopic (exact) mass is 207 g/mol. The van der Waals surface area contributed by atoms with Crippen LogP contribution in [-0.4, -0.2) is 26.3 Å². The van der Waals surface area contributed by atoms with Gasteiger partial charge in [-0.3, -0.25) is 0 Å². The van der Waals surface area contributed by atoms with Gasteiger partial charge in [0.1, 0.15) is 11.9 Å². The second-order valence-corrected chi connectivity index (χ2v) is 3.81. The quantitative estimate of drug-likeness (QED) is 0.813. The lowest BCUT2D eigenvalue weighted by molar-refractivity contribution is 0.183. The highest BCUT2D eigenvalue weighted by atomic mass is 16.5. The highest BCUT2D eigenvalue weighted by Gasteiger charge is 2.15. The predicted molar refractivity (Wildman–Crippen MR) is 59.1 cm³/mol. The molecule has 1 fully saturated rings. The average Bonchev–Trinajstić information content (AvgIpc) is 2.71. The van der Waals surface area contributed by atoms with E-state index in [1.54, 1.807) is 7.11 Å². The molecule has 0 saturated carbocycles. The molecule has 1 saturated heterocycles. The molecule has 0 aromatic heterocycles. The minimum absolute atomic E-state index is 0.322. The lowest BCUT2D eigenvalue weighted by atomic mass is 10.2. The van der Waals surface area contributed by atoms with Crippen molar-refractivity contribution >= 4 is 0 Å². The molecule has 1 aliphatic rings. The standard InChI is InChI=1S/C12H17NO2/c1-14-9-10-3-2-4-11(7-10)15-12-5-6-13-8-12/h2-4,7,12-13H,5-6,8-9H2,1H3/t12-/m0/s1. The van der Waals surface area contributed by atoms with Crippen LogP contribution in [0.25, 0.3) is 0 Å². The molecule has 1 atom stereocenters. The minimum Gasteiger partial charge on any atom is -0.489 e. The van der Waals surface area contributed by atoms with E-state index in [1.807, 2.05) is 24.3 Å². The van der Waals surface area contributed by atoms with Crippen molar-refractivity contribution in [2.24, 2.45) is 0 Å². The molecule has 1 aliphatic heterocycles. The van der Waals surface area contributed by atoms with E-state index >= 15 is 0 Å². The maximum atomic E-state index is 5.84. The van der Waals surface area contributed by atoms with Gasteiger partial charge < -0.3 is 14.8 Å². The summed E-state index contributed by atoms with van der Waals surface area (Å²) in [6.45, 7) is 2.65. The lowest BCUT2D eigenvalue weighted by Crippen LogP contribution is -2.19. The van der Waals surface area contributed by atoms with Gasteiger partial charge in [-0.1, -0.05) is 12.1 Å². The first kappa shape index (κ1) is 10.5. The van der Waals surface area contributed by atoms with Gasteiger partial charge in [-0.25, -0.2) is 0 Å². The summed E-state index contributed by atoms with van der Waals surface area (Å²) in [5, 5.41) is 3.28. The molecule has 0 bridgehead atoms. The predicted octanol–water partition coefficient (Wildman–Crippen LogP) is 1.57. The normalized spacial score (nSPS) is 20.5. The average molecular weight is 207 g/mol. The first-order valence-corrected chi connectivity index (χ1v) is 5.34. The van der Waals surface area contributed by atoms with Crippen molar-refractivity contribution in [1.29, 1.82) is 0 Å². The van der Waals surface area contributed by atoms with Crippen LogP contribution in [0.3, 0.4) is 0 Å². The summed E-state index contributed by atoms with van der Waals surface area (Å²) >= 11 is 0. The third-order valence-corrected chi connectivity index (χ3v) is 2.53. The van der Waals surface area contributed by atoms with Crippen LogP contribution in [0.4, 0.5) is 0 Å². The van der Waals surface area contributed by atoms with E-state index in [2.05, 4.69) is 5.32 Å². The maximum absolute atomic E-state index is 5.84. The van der Waals surface area contributed by atoms with Gasteiger partial charge in [0.15, 0.2) is 0 Å². The molecule has 3 heteroatoms. The molecule has 0 aliphatic carbocycles. The topological polar surface area (TPSA) is 30.5 Å². The third-order valence-electron chi connectivity index (χ3n) is 2.53. The van der Waals surface area contributed by atoms with E-state index in [1.165, 1.54) is 0 Å². The molecule has 0 spiro atoms. The van der Waals surface area contributed by atoms with Crippen molar-refractivity contribution in [1.82, 2.24) is 5.32 Å². The van der Waals surface area contributed by atoms with Gasteiger partial charge >= 0.3 is 0 Å². The molecule has 1 N–H and O–H groups in total. The summed E-state index contributed by atoms with van der Waals surface area (Å²) in [4.78, 5) is 0. The first-order chi connectivity index (χ1) is 7.38. The summed E-state index contributed by atoms with van der Waals surface area (Å²) in [7, 11) is 1.70. The fourth-order valence-corrected chi connectivity index (χ4v) is 1.80. The Hall–Kier alpha value is -1.06. The van der Waals surface area contributed by atoms with Gasteiger partial charge in [-0.15, -0.1) is 0 Å². The van der Waals surface area contributed by atoms with Crippen molar-refractivity contribution in [2.75, 3.05) is 20.2 Å². The van der Waals surface area contributed by atoms with E-state index in [0.717, 1.165) is 30.8 Å². The van der Waals surface area contributed by atoms with E-state index in [-0.39, 0.29) is 0 Å². The molecule has 1 aromatic carbocycles. The molecule has 15 heavy (non-hydrogen) atoms. The zero-order valence-electron chi connectivity index (χ0n) is 9.03. The van der Waals surface area contributed by atoms with Crippen molar-refractivity contribution < 1.29 is 9.47 Å². The molecular formula is C12H17NO2. The largest absolute Gasteiger partial charge is 0.489 e. The molecule has 0 radical (unpaired) electrons. The fourth-order valence-electron chi connectivity index (χ4n) is 1.80. The molecule has 1 aromatic rings. The number of ether oxygens (including phenoxy) is 2. The second-order valence-electron chi connectivity index (χ2n) is 3.81. The lowest BCUT2D eigenvalue weighted by Gasteiger charge is -2.13. The van der Waals surface area contributed by atoms with Crippen LogP contribution >= 0.6 is 0 Å². The summed E-state index contributed by atoms with van der Waals surface area (Å²) in [5.41, 5.74) is 1.15. The number of hydrogen-bond donors (Lipinski definition) is 1. The van der Waals surface area contributed by atoms with Gasteiger partial charge in [0.2, 0.25) is 0 Å². The Morgan fingerprint density at radius 2 is 2.40 bits per heavy atom. The van der Waals surface area contributed by atoms with Gasteiger partial charge in [-0.05, 0) is 30.7 Å². The zero-order chi connectivity index (χ0) is 10.5. The molecule has 1 heterocycles. The highest BCUT2D eigenvalue weighted by molar-refractivity contribution is 5.28. The van der Waals surface area contributed by atoms with Crippen LogP contribution in [0.1, 0.15) is 12.0 Å². The third kappa shape index (κ3) is 2.94. The van der Waals surface area contributed by atoms with Crippen LogP contribution in [-0.2, 0) is 11.3 Å². The number of rotatable bonds is 4. The summed E-state index contributed by atoms with van der Waals surface area (Å²) in [6.07, 6.45) is 1.41. The SMILES string of the molecule is COCc1cccc(O[C@H]2CCNC2)c1. The Morgan fingerprint density at radius 1 is 1.47 bits per heavy atom. The Balaban J connectivity index is 1.97. The van der Waals surface area contributed by atoms with Crippen LogP contribution < -0.4 is 10.1 Å². The van der Waals surface area contributed by atoms with Crippen LogP contribution in [0, 0.1) is 0 Å². The van der Waals surface area contributed by atoms with E-state index in [9.17, 15) is 0 Å².